The number of allylic oxidation sites excluding steroid dienone is 2. The Balaban J connectivity index is 2.37. The molecule has 4 heteroatoms. The van der Waals surface area contributed by atoms with E-state index in [0.29, 0.717) is 22.9 Å². The van der Waals surface area contributed by atoms with Crippen LogP contribution in [-0.4, -0.2) is 11.1 Å². The van der Waals surface area contributed by atoms with E-state index < -0.39 is 11.9 Å². The largest absolute Gasteiger partial charge is 0.481 e. The Morgan fingerprint density at radius 2 is 1.94 bits per heavy atom. The number of hydrogen-bond donors (Lipinski definition) is 1. The molecule has 2 atom stereocenters. The minimum atomic E-state index is -0.773. The molecule has 2 rings (SSSR count). The Bertz CT molecular complexity index is 468. The topological polar surface area (TPSA) is 37.3 Å². The molecule has 90 valence electrons. The maximum absolute atomic E-state index is 11.2. The number of carboxylic acids is 1. The standard InChI is InChI=1S/C13H12Cl2O2/c14-8-5-6-10(12(15)7-8)9-3-1-2-4-11(9)13(16)17/h1-2,5-7,9,11H,3-4H2,(H,16,17). The first-order valence-corrected chi connectivity index (χ1v) is 6.18. The summed E-state index contributed by atoms with van der Waals surface area (Å²) in [6, 6.07) is 5.24. The minimum absolute atomic E-state index is 0.0673. The van der Waals surface area contributed by atoms with Gasteiger partial charge in [-0.3, -0.25) is 4.79 Å². The van der Waals surface area contributed by atoms with Crippen LogP contribution < -0.4 is 0 Å². The molecule has 0 saturated heterocycles. The van der Waals surface area contributed by atoms with Crippen LogP contribution in [0.3, 0.4) is 0 Å². The molecule has 1 aromatic carbocycles. The molecule has 2 unspecified atom stereocenters. The lowest BCUT2D eigenvalue weighted by Gasteiger charge is -2.26. The summed E-state index contributed by atoms with van der Waals surface area (Å²) in [5.74, 6) is -1.24. The normalized spacial score (nSPS) is 23.6. The Morgan fingerprint density at radius 3 is 2.59 bits per heavy atom. The van der Waals surface area contributed by atoms with E-state index in [2.05, 4.69) is 0 Å². The zero-order chi connectivity index (χ0) is 12.4. The van der Waals surface area contributed by atoms with Gasteiger partial charge in [-0.15, -0.1) is 0 Å². The first kappa shape index (κ1) is 12.5. The zero-order valence-electron chi connectivity index (χ0n) is 9.07. The maximum atomic E-state index is 11.2. The molecule has 0 amide bonds. The molecular formula is C13H12Cl2O2. The average molecular weight is 271 g/mol. The number of benzene rings is 1. The monoisotopic (exact) mass is 270 g/mol. The van der Waals surface area contributed by atoms with Crippen LogP contribution in [0.4, 0.5) is 0 Å². The van der Waals surface area contributed by atoms with Gasteiger partial charge in [-0.05, 0) is 30.5 Å². The van der Waals surface area contributed by atoms with Crippen LogP contribution in [0.1, 0.15) is 24.3 Å². The summed E-state index contributed by atoms with van der Waals surface area (Å²) < 4.78 is 0. The average Bonchev–Trinajstić information content (AvgIpc) is 2.29. The minimum Gasteiger partial charge on any atom is -0.481 e. The smallest absolute Gasteiger partial charge is 0.307 e. The van der Waals surface area contributed by atoms with Crippen molar-refractivity contribution in [2.75, 3.05) is 0 Å². The fourth-order valence-electron chi connectivity index (χ4n) is 2.23. The van der Waals surface area contributed by atoms with Crippen LogP contribution in [0.25, 0.3) is 0 Å². The molecular weight excluding hydrogens is 259 g/mol. The summed E-state index contributed by atoms with van der Waals surface area (Å²) in [6.45, 7) is 0. The highest BCUT2D eigenvalue weighted by atomic mass is 35.5. The van der Waals surface area contributed by atoms with Gasteiger partial charge >= 0.3 is 5.97 Å². The van der Waals surface area contributed by atoms with Gasteiger partial charge in [-0.1, -0.05) is 41.4 Å². The molecule has 17 heavy (non-hydrogen) atoms. The molecule has 0 heterocycles. The predicted octanol–water partition coefficient (Wildman–Crippen LogP) is 4.13. The second-order valence-electron chi connectivity index (χ2n) is 4.16. The second-order valence-corrected chi connectivity index (χ2v) is 5.00. The summed E-state index contributed by atoms with van der Waals surface area (Å²) in [5.41, 5.74) is 0.868. The van der Waals surface area contributed by atoms with Gasteiger partial charge in [0.1, 0.15) is 0 Å². The fourth-order valence-corrected chi connectivity index (χ4v) is 2.78. The van der Waals surface area contributed by atoms with Crippen LogP contribution in [0, 0.1) is 5.92 Å². The first-order valence-electron chi connectivity index (χ1n) is 5.42. The van der Waals surface area contributed by atoms with E-state index in [0.717, 1.165) is 5.56 Å². The van der Waals surface area contributed by atoms with E-state index >= 15 is 0 Å². The summed E-state index contributed by atoms with van der Waals surface area (Å²) in [5, 5.41) is 10.3. The third-order valence-electron chi connectivity index (χ3n) is 3.11. The predicted molar refractivity (Wildman–Crippen MR) is 68.7 cm³/mol. The molecule has 1 aromatic rings. The van der Waals surface area contributed by atoms with Crippen molar-refractivity contribution < 1.29 is 9.90 Å². The van der Waals surface area contributed by atoms with E-state index in [4.69, 9.17) is 23.2 Å². The first-order chi connectivity index (χ1) is 8.09. The Labute approximate surface area is 110 Å². The summed E-state index contributed by atoms with van der Waals surface area (Å²) in [7, 11) is 0. The highest BCUT2D eigenvalue weighted by Gasteiger charge is 2.30. The highest BCUT2D eigenvalue weighted by molar-refractivity contribution is 6.35. The van der Waals surface area contributed by atoms with Crippen LogP contribution >= 0.6 is 23.2 Å². The van der Waals surface area contributed by atoms with Gasteiger partial charge in [0.05, 0.1) is 5.92 Å². The SMILES string of the molecule is O=C(O)C1CC=CCC1c1ccc(Cl)cc1Cl. The number of aliphatic carboxylic acids is 1. The van der Waals surface area contributed by atoms with Gasteiger partial charge in [0.15, 0.2) is 0 Å². The number of halogens is 2. The molecule has 0 bridgehead atoms. The van der Waals surface area contributed by atoms with Crippen molar-refractivity contribution in [1.29, 1.82) is 0 Å². The van der Waals surface area contributed by atoms with Crippen LogP contribution in [0.2, 0.25) is 10.0 Å². The van der Waals surface area contributed by atoms with E-state index in [9.17, 15) is 9.90 Å². The van der Waals surface area contributed by atoms with Crippen molar-refractivity contribution >= 4 is 29.2 Å². The van der Waals surface area contributed by atoms with Crippen molar-refractivity contribution in [2.45, 2.75) is 18.8 Å². The van der Waals surface area contributed by atoms with E-state index in [1.165, 1.54) is 0 Å². The van der Waals surface area contributed by atoms with Crippen molar-refractivity contribution in [3.05, 3.63) is 46.0 Å². The second kappa shape index (κ2) is 5.11. The van der Waals surface area contributed by atoms with Crippen molar-refractivity contribution in [1.82, 2.24) is 0 Å². The Hall–Kier alpha value is -0.990. The number of carboxylic acid groups (broad SMARTS) is 1. The number of rotatable bonds is 2. The molecule has 0 radical (unpaired) electrons. The summed E-state index contributed by atoms with van der Waals surface area (Å²) >= 11 is 12.0. The van der Waals surface area contributed by atoms with Gasteiger partial charge < -0.3 is 5.11 Å². The van der Waals surface area contributed by atoms with Crippen molar-refractivity contribution in [3.8, 4) is 0 Å². The molecule has 0 aliphatic heterocycles. The molecule has 0 aromatic heterocycles. The third-order valence-corrected chi connectivity index (χ3v) is 3.67. The molecule has 0 fully saturated rings. The van der Waals surface area contributed by atoms with Crippen molar-refractivity contribution in [2.24, 2.45) is 5.92 Å². The zero-order valence-corrected chi connectivity index (χ0v) is 10.6. The maximum Gasteiger partial charge on any atom is 0.307 e. The fraction of sp³-hybridized carbons (Fsp3) is 0.308. The highest BCUT2D eigenvalue weighted by Crippen LogP contribution is 2.38. The lowest BCUT2D eigenvalue weighted by molar-refractivity contribution is -0.142. The van der Waals surface area contributed by atoms with E-state index in [-0.39, 0.29) is 5.92 Å². The lowest BCUT2D eigenvalue weighted by atomic mass is 9.78. The van der Waals surface area contributed by atoms with E-state index in [1.54, 1.807) is 12.1 Å². The van der Waals surface area contributed by atoms with Gasteiger partial charge in [-0.2, -0.15) is 0 Å². The van der Waals surface area contributed by atoms with Gasteiger partial charge in [0, 0.05) is 16.0 Å². The quantitative estimate of drug-likeness (QED) is 0.821. The van der Waals surface area contributed by atoms with Gasteiger partial charge in [-0.25, -0.2) is 0 Å². The molecule has 1 N–H and O–H groups in total. The number of carbonyl (C=O) groups is 1. The lowest BCUT2D eigenvalue weighted by Crippen LogP contribution is -2.23. The van der Waals surface area contributed by atoms with Crippen LogP contribution in [0.15, 0.2) is 30.4 Å². The van der Waals surface area contributed by atoms with Gasteiger partial charge in [0.25, 0.3) is 0 Å². The van der Waals surface area contributed by atoms with Crippen molar-refractivity contribution in [3.63, 3.8) is 0 Å². The van der Waals surface area contributed by atoms with Gasteiger partial charge in [0.2, 0.25) is 0 Å². The Kier molecular flexibility index (Phi) is 3.75. The number of hydrogen-bond acceptors (Lipinski definition) is 1. The third kappa shape index (κ3) is 2.64. The molecule has 0 spiro atoms. The summed E-state index contributed by atoms with van der Waals surface area (Å²) in [4.78, 5) is 11.2. The van der Waals surface area contributed by atoms with Crippen LogP contribution in [-0.2, 0) is 4.79 Å². The molecule has 1 aliphatic carbocycles. The van der Waals surface area contributed by atoms with E-state index in [1.807, 2.05) is 18.2 Å². The molecule has 2 nitrogen and oxygen atoms in total. The summed E-state index contributed by atoms with van der Waals surface area (Å²) in [6.07, 6.45) is 5.19. The Morgan fingerprint density at radius 1 is 1.24 bits per heavy atom. The molecule has 0 saturated carbocycles. The van der Waals surface area contributed by atoms with Crippen LogP contribution in [0.5, 0.6) is 0 Å². The molecule has 1 aliphatic rings.